The summed E-state index contributed by atoms with van der Waals surface area (Å²) in [6, 6.07) is 3.62. The molecule has 0 nitrogen and oxygen atoms in total. The van der Waals surface area contributed by atoms with Crippen molar-refractivity contribution in [3.8, 4) is 0 Å². The molecule has 62 valence electrons. The number of thiophene rings is 1. The molecule has 0 aliphatic heterocycles. The standard InChI is InChI=1S/C8H3Br2FS/c9-4-1-2-6-7(8(4)11)5(10)3-12-6/h1-3H. The molecule has 2 rings (SSSR count). The second-order valence-corrected chi connectivity index (χ2v) is 4.94. The first-order chi connectivity index (χ1) is 5.70. The van der Waals surface area contributed by atoms with E-state index in [0.29, 0.717) is 9.86 Å². The highest BCUT2D eigenvalue weighted by atomic mass is 79.9. The molecule has 1 heterocycles. The van der Waals surface area contributed by atoms with Crippen LogP contribution < -0.4 is 0 Å². The minimum atomic E-state index is -0.194. The highest BCUT2D eigenvalue weighted by molar-refractivity contribution is 9.11. The highest BCUT2D eigenvalue weighted by Crippen LogP contribution is 2.35. The lowest BCUT2D eigenvalue weighted by molar-refractivity contribution is 0.633. The molecule has 0 saturated heterocycles. The van der Waals surface area contributed by atoms with E-state index in [1.54, 1.807) is 6.07 Å². The Hall–Kier alpha value is 0.0700. The van der Waals surface area contributed by atoms with Crippen LogP contribution in [0.5, 0.6) is 0 Å². The van der Waals surface area contributed by atoms with Crippen LogP contribution in [0.25, 0.3) is 10.1 Å². The molecule has 0 fully saturated rings. The zero-order chi connectivity index (χ0) is 8.72. The van der Waals surface area contributed by atoms with Gasteiger partial charge in [0.05, 0.1) is 4.47 Å². The number of halogens is 3. The second-order valence-electron chi connectivity index (χ2n) is 2.32. The first-order valence-corrected chi connectivity index (χ1v) is 5.67. The first-order valence-electron chi connectivity index (χ1n) is 3.21. The van der Waals surface area contributed by atoms with Crippen molar-refractivity contribution >= 4 is 53.3 Å². The number of benzene rings is 1. The fraction of sp³-hybridized carbons (Fsp3) is 0. The average molecular weight is 310 g/mol. The van der Waals surface area contributed by atoms with Crippen LogP contribution in [0.4, 0.5) is 4.39 Å². The van der Waals surface area contributed by atoms with Crippen LogP contribution in [0.1, 0.15) is 0 Å². The molecule has 4 heteroatoms. The third-order valence-electron chi connectivity index (χ3n) is 1.58. The lowest BCUT2D eigenvalue weighted by Gasteiger charge is -1.95. The fourth-order valence-corrected chi connectivity index (χ4v) is 2.97. The van der Waals surface area contributed by atoms with Crippen molar-refractivity contribution in [1.29, 1.82) is 0 Å². The van der Waals surface area contributed by atoms with Gasteiger partial charge < -0.3 is 0 Å². The van der Waals surface area contributed by atoms with Gasteiger partial charge in [0.2, 0.25) is 0 Å². The minimum Gasteiger partial charge on any atom is -0.205 e. The Bertz CT molecular complexity index is 436. The monoisotopic (exact) mass is 308 g/mol. The third kappa shape index (κ3) is 1.22. The van der Waals surface area contributed by atoms with Gasteiger partial charge in [-0.05, 0) is 44.0 Å². The van der Waals surface area contributed by atoms with Gasteiger partial charge in [-0.3, -0.25) is 0 Å². The van der Waals surface area contributed by atoms with Crippen LogP contribution in [-0.2, 0) is 0 Å². The van der Waals surface area contributed by atoms with Crippen molar-refractivity contribution in [3.63, 3.8) is 0 Å². The summed E-state index contributed by atoms with van der Waals surface area (Å²) < 4.78 is 15.7. The molecular weight excluding hydrogens is 307 g/mol. The summed E-state index contributed by atoms with van der Waals surface area (Å²) in [4.78, 5) is 0. The molecule has 0 saturated carbocycles. The van der Waals surface area contributed by atoms with Crippen LogP contribution in [0.2, 0.25) is 0 Å². The molecular formula is C8H3Br2FS. The normalized spacial score (nSPS) is 10.9. The van der Waals surface area contributed by atoms with Gasteiger partial charge in [-0.1, -0.05) is 0 Å². The van der Waals surface area contributed by atoms with E-state index in [2.05, 4.69) is 31.9 Å². The summed E-state index contributed by atoms with van der Waals surface area (Å²) in [6.45, 7) is 0. The van der Waals surface area contributed by atoms with Gasteiger partial charge in [-0.2, -0.15) is 0 Å². The lowest BCUT2D eigenvalue weighted by Crippen LogP contribution is -1.77. The molecule has 12 heavy (non-hydrogen) atoms. The Morgan fingerprint density at radius 2 is 1.92 bits per heavy atom. The van der Waals surface area contributed by atoms with E-state index >= 15 is 0 Å². The number of hydrogen-bond acceptors (Lipinski definition) is 1. The number of hydrogen-bond donors (Lipinski definition) is 0. The van der Waals surface area contributed by atoms with E-state index < -0.39 is 0 Å². The molecule has 2 aromatic rings. The number of rotatable bonds is 0. The average Bonchev–Trinajstić information content (AvgIpc) is 2.41. The summed E-state index contributed by atoms with van der Waals surface area (Å²) in [5.74, 6) is -0.194. The van der Waals surface area contributed by atoms with Crippen molar-refractivity contribution < 1.29 is 4.39 Å². The van der Waals surface area contributed by atoms with Gasteiger partial charge in [-0.25, -0.2) is 4.39 Å². The van der Waals surface area contributed by atoms with Crippen molar-refractivity contribution in [2.75, 3.05) is 0 Å². The van der Waals surface area contributed by atoms with Crippen molar-refractivity contribution in [2.45, 2.75) is 0 Å². The summed E-state index contributed by atoms with van der Waals surface area (Å²) in [6.07, 6.45) is 0. The second kappa shape index (κ2) is 3.09. The van der Waals surface area contributed by atoms with Crippen molar-refractivity contribution in [3.05, 3.63) is 32.3 Å². The van der Waals surface area contributed by atoms with Crippen LogP contribution >= 0.6 is 43.2 Å². The highest BCUT2D eigenvalue weighted by Gasteiger charge is 2.09. The van der Waals surface area contributed by atoms with E-state index in [1.807, 2.05) is 11.4 Å². The molecule has 1 aromatic heterocycles. The Labute approximate surface area is 89.7 Å². The SMILES string of the molecule is Fc1c(Br)ccc2scc(Br)c12. The summed E-state index contributed by atoms with van der Waals surface area (Å²) in [7, 11) is 0. The molecule has 0 aliphatic carbocycles. The van der Waals surface area contributed by atoms with Crippen molar-refractivity contribution in [2.24, 2.45) is 0 Å². The molecule has 0 radical (unpaired) electrons. The molecule has 0 aliphatic rings. The maximum Gasteiger partial charge on any atom is 0.147 e. The predicted molar refractivity (Wildman–Crippen MR) is 57.2 cm³/mol. The molecule has 0 atom stereocenters. The van der Waals surface area contributed by atoms with Gasteiger partial charge >= 0.3 is 0 Å². The Morgan fingerprint density at radius 1 is 1.17 bits per heavy atom. The van der Waals surface area contributed by atoms with Crippen LogP contribution in [0.15, 0.2) is 26.5 Å². The largest absolute Gasteiger partial charge is 0.205 e. The van der Waals surface area contributed by atoms with Crippen molar-refractivity contribution in [1.82, 2.24) is 0 Å². The maximum atomic E-state index is 13.4. The Balaban J connectivity index is 2.96. The van der Waals surface area contributed by atoms with Crippen LogP contribution in [0.3, 0.4) is 0 Å². The molecule has 0 bridgehead atoms. The molecule has 0 unspecified atom stereocenters. The Kier molecular flexibility index (Phi) is 2.23. The van der Waals surface area contributed by atoms with Gasteiger partial charge in [0.15, 0.2) is 0 Å². The van der Waals surface area contributed by atoms with Crippen LogP contribution in [-0.4, -0.2) is 0 Å². The van der Waals surface area contributed by atoms with E-state index in [4.69, 9.17) is 0 Å². The fourth-order valence-electron chi connectivity index (χ4n) is 1.03. The quantitative estimate of drug-likeness (QED) is 0.669. The van der Waals surface area contributed by atoms with E-state index in [1.165, 1.54) is 11.3 Å². The summed E-state index contributed by atoms with van der Waals surface area (Å²) in [5.41, 5.74) is 0. The molecule has 1 aromatic carbocycles. The molecule has 0 N–H and O–H groups in total. The summed E-state index contributed by atoms with van der Waals surface area (Å²) in [5, 5.41) is 2.55. The van der Waals surface area contributed by atoms with Crippen LogP contribution in [0, 0.1) is 5.82 Å². The lowest BCUT2D eigenvalue weighted by atomic mass is 10.2. The van der Waals surface area contributed by atoms with Gasteiger partial charge in [0.1, 0.15) is 5.82 Å². The Morgan fingerprint density at radius 3 is 2.67 bits per heavy atom. The molecule has 0 spiro atoms. The minimum absolute atomic E-state index is 0.194. The molecule has 0 amide bonds. The third-order valence-corrected chi connectivity index (χ3v) is 4.07. The van der Waals surface area contributed by atoms with E-state index in [-0.39, 0.29) is 5.82 Å². The topological polar surface area (TPSA) is 0 Å². The van der Waals surface area contributed by atoms with E-state index in [0.717, 1.165) is 9.17 Å². The first kappa shape index (κ1) is 8.66. The zero-order valence-electron chi connectivity index (χ0n) is 5.77. The van der Waals surface area contributed by atoms with Gasteiger partial charge in [-0.15, -0.1) is 11.3 Å². The van der Waals surface area contributed by atoms with Gasteiger partial charge in [0, 0.05) is 19.9 Å². The number of fused-ring (bicyclic) bond motifs is 1. The zero-order valence-corrected chi connectivity index (χ0v) is 9.76. The van der Waals surface area contributed by atoms with Gasteiger partial charge in [0.25, 0.3) is 0 Å². The summed E-state index contributed by atoms with van der Waals surface area (Å²) >= 11 is 7.97. The smallest absolute Gasteiger partial charge is 0.147 e. The maximum absolute atomic E-state index is 13.4. The van der Waals surface area contributed by atoms with E-state index in [9.17, 15) is 4.39 Å². The predicted octanol–water partition coefficient (Wildman–Crippen LogP) is 4.57.